The molecule has 0 bridgehead atoms. The molecule has 0 aliphatic rings. The normalized spacial score (nSPS) is 11.1. The molecule has 110 valence electrons. The van der Waals surface area contributed by atoms with Crippen LogP contribution in [0.25, 0.3) is 9.88 Å². The Labute approximate surface area is 126 Å². The standard InChI is InChI=1S/C12H19N5OS2/c1-3-4-9-11(20-17-14-9)12-16-15-10(19-12)5-6-13-7-8-18-2/h13H,3-8H2,1-2H3. The van der Waals surface area contributed by atoms with Gasteiger partial charge in [0.05, 0.1) is 12.3 Å². The van der Waals surface area contributed by atoms with Crippen LogP contribution < -0.4 is 5.32 Å². The summed E-state index contributed by atoms with van der Waals surface area (Å²) in [5, 5.41) is 18.0. The summed E-state index contributed by atoms with van der Waals surface area (Å²) in [7, 11) is 1.70. The molecule has 0 aromatic carbocycles. The van der Waals surface area contributed by atoms with Crippen molar-refractivity contribution in [2.75, 3.05) is 26.8 Å². The minimum Gasteiger partial charge on any atom is -0.383 e. The molecule has 2 heterocycles. The van der Waals surface area contributed by atoms with Crippen LogP contribution in [0.15, 0.2) is 0 Å². The van der Waals surface area contributed by atoms with Gasteiger partial charge in [0.1, 0.15) is 9.88 Å². The van der Waals surface area contributed by atoms with Crippen LogP contribution in [0.5, 0.6) is 0 Å². The lowest BCUT2D eigenvalue weighted by Gasteiger charge is -2.00. The van der Waals surface area contributed by atoms with Crippen molar-refractivity contribution in [2.24, 2.45) is 0 Å². The molecule has 0 radical (unpaired) electrons. The number of rotatable bonds is 9. The Morgan fingerprint density at radius 2 is 2.05 bits per heavy atom. The molecule has 0 saturated heterocycles. The van der Waals surface area contributed by atoms with Gasteiger partial charge in [-0.2, -0.15) is 0 Å². The summed E-state index contributed by atoms with van der Waals surface area (Å²) >= 11 is 3.04. The first-order chi connectivity index (χ1) is 9.85. The van der Waals surface area contributed by atoms with Gasteiger partial charge in [-0.05, 0) is 18.0 Å². The highest BCUT2D eigenvalue weighted by atomic mass is 32.1. The summed E-state index contributed by atoms with van der Waals surface area (Å²) in [4.78, 5) is 1.07. The highest BCUT2D eigenvalue weighted by Gasteiger charge is 2.14. The largest absolute Gasteiger partial charge is 0.383 e. The molecule has 0 saturated carbocycles. The van der Waals surface area contributed by atoms with Crippen LogP contribution in [-0.2, 0) is 17.6 Å². The number of aromatic nitrogens is 4. The number of ether oxygens (including phenoxy) is 1. The van der Waals surface area contributed by atoms with Crippen LogP contribution >= 0.6 is 22.9 Å². The molecule has 2 aromatic rings. The molecule has 0 atom stereocenters. The van der Waals surface area contributed by atoms with Gasteiger partial charge in [-0.1, -0.05) is 29.2 Å². The Bertz CT molecular complexity index is 513. The van der Waals surface area contributed by atoms with Crippen molar-refractivity contribution < 1.29 is 4.74 Å². The summed E-state index contributed by atoms with van der Waals surface area (Å²) in [5.41, 5.74) is 1.04. The molecular formula is C12H19N5OS2. The molecule has 0 spiro atoms. The lowest BCUT2D eigenvalue weighted by atomic mass is 10.2. The van der Waals surface area contributed by atoms with Gasteiger partial charge in [-0.25, -0.2) is 0 Å². The molecule has 2 aromatic heterocycles. The van der Waals surface area contributed by atoms with Crippen LogP contribution in [0.4, 0.5) is 0 Å². The molecular weight excluding hydrogens is 294 g/mol. The molecule has 0 aliphatic heterocycles. The molecule has 8 heteroatoms. The van der Waals surface area contributed by atoms with E-state index in [0.29, 0.717) is 0 Å². The summed E-state index contributed by atoms with van der Waals surface area (Å²) in [6.45, 7) is 4.62. The molecule has 0 amide bonds. The first-order valence-electron chi connectivity index (χ1n) is 6.68. The fraction of sp³-hybridized carbons (Fsp3) is 0.667. The maximum absolute atomic E-state index is 4.98. The molecule has 0 unspecified atom stereocenters. The monoisotopic (exact) mass is 313 g/mol. The van der Waals surface area contributed by atoms with E-state index in [1.54, 1.807) is 18.4 Å². The third-order valence-corrected chi connectivity index (χ3v) is 4.61. The summed E-state index contributed by atoms with van der Waals surface area (Å²) in [5.74, 6) is 0. The van der Waals surface area contributed by atoms with Crippen LogP contribution in [0.2, 0.25) is 0 Å². The maximum atomic E-state index is 4.98. The lowest BCUT2D eigenvalue weighted by molar-refractivity contribution is 0.199. The average molecular weight is 313 g/mol. The molecule has 20 heavy (non-hydrogen) atoms. The highest BCUT2D eigenvalue weighted by Crippen LogP contribution is 2.29. The van der Waals surface area contributed by atoms with E-state index in [9.17, 15) is 0 Å². The Kier molecular flexibility index (Phi) is 6.44. The predicted molar refractivity (Wildman–Crippen MR) is 81.3 cm³/mol. The van der Waals surface area contributed by atoms with Crippen molar-refractivity contribution in [3.63, 3.8) is 0 Å². The van der Waals surface area contributed by atoms with Crippen molar-refractivity contribution in [1.29, 1.82) is 0 Å². The van der Waals surface area contributed by atoms with E-state index in [1.807, 2.05) is 0 Å². The van der Waals surface area contributed by atoms with Gasteiger partial charge >= 0.3 is 0 Å². The third kappa shape index (κ3) is 4.27. The minimum absolute atomic E-state index is 0.730. The zero-order chi connectivity index (χ0) is 14.2. The van der Waals surface area contributed by atoms with Crippen LogP contribution in [0.3, 0.4) is 0 Å². The number of methoxy groups -OCH3 is 1. The van der Waals surface area contributed by atoms with Gasteiger partial charge in [-0.15, -0.1) is 15.3 Å². The first-order valence-corrected chi connectivity index (χ1v) is 8.27. The van der Waals surface area contributed by atoms with E-state index in [4.69, 9.17) is 4.74 Å². The topological polar surface area (TPSA) is 72.8 Å². The minimum atomic E-state index is 0.730. The second-order valence-electron chi connectivity index (χ2n) is 4.29. The van der Waals surface area contributed by atoms with E-state index in [1.165, 1.54) is 11.5 Å². The van der Waals surface area contributed by atoms with Gasteiger partial charge in [0.15, 0.2) is 5.01 Å². The predicted octanol–water partition coefficient (Wildman–Crippen LogP) is 1.79. The Balaban J connectivity index is 1.89. The van der Waals surface area contributed by atoms with Crippen molar-refractivity contribution in [1.82, 2.24) is 25.1 Å². The highest BCUT2D eigenvalue weighted by molar-refractivity contribution is 7.19. The van der Waals surface area contributed by atoms with E-state index in [0.717, 1.165) is 59.5 Å². The van der Waals surface area contributed by atoms with Crippen molar-refractivity contribution in [3.05, 3.63) is 10.7 Å². The fourth-order valence-corrected chi connectivity index (χ4v) is 3.34. The quantitative estimate of drug-likeness (QED) is 0.712. The summed E-state index contributed by atoms with van der Waals surface area (Å²) < 4.78 is 9.01. The average Bonchev–Trinajstić information content (AvgIpc) is 3.08. The van der Waals surface area contributed by atoms with Gasteiger partial charge in [0.25, 0.3) is 0 Å². The van der Waals surface area contributed by atoms with E-state index in [-0.39, 0.29) is 0 Å². The zero-order valence-corrected chi connectivity index (χ0v) is 13.4. The second kappa shape index (κ2) is 8.35. The molecule has 6 nitrogen and oxygen atoms in total. The van der Waals surface area contributed by atoms with Crippen LogP contribution in [-0.4, -0.2) is 46.6 Å². The van der Waals surface area contributed by atoms with E-state index in [2.05, 4.69) is 32.0 Å². The number of nitrogens with zero attached hydrogens (tertiary/aromatic N) is 4. The smallest absolute Gasteiger partial charge is 0.161 e. The second-order valence-corrected chi connectivity index (χ2v) is 6.11. The fourth-order valence-electron chi connectivity index (χ4n) is 1.71. The van der Waals surface area contributed by atoms with Crippen molar-refractivity contribution in [2.45, 2.75) is 26.2 Å². The third-order valence-electron chi connectivity index (χ3n) is 2.70. The van der Waals surface area contributed by atoms with Gasteiger partial charge in [0, 0.05) is 26.6 Å². The van der Waals surface area contributed by atoms with Crippen LogP contribution in [0.1, 0.15) is 24.0 Å². The van der Waals surface area contributed by atoms with E-state index >= 15 is 0 Å². The molecule has 2 rings (SSSR count). The SMILES string of the molecule is CCCc1nnsc1-c1nnc(CCNCCOC)s1. The van der Waals surface area contributed by atoms with Gasteiger partial charge in [0.2, 0.25) is 0 Å². The van der Waals surface area contributed by atoms with Gasteiger partial charge < -0.3 is 10.1 Å². The van der Waals surface area contributed by atoms with E-state index < -0.39 is 0 Å². The van der Waals surface area contributed by atoms with Crippen molar-refractivity contribution >= 4 is 22.9 Å². The first kappa shape index (κ1) is 15.4. The Morgan fingerprint density at radius 3 is 2.85 bits per heavy atom. The number of hydrogen-bond donors (Lipinski definition) is 1. The molecule has 0 fully saturated rings. The summed E-state index contributed by atoms with van der Waals surface area (Å²) in [6, 6.07) is 0. The van der Waals surface area contributed by atoms with Gasteiger partial charge in [-0.3, -0.25) is 0 Å². The van der Waals surface area contributed by atoms with Crippen LogP contribution in [0, 0.1) is 0 Å². The Hall–Kier alpha value is -0.960. The Morgan fingerprint density at radius 1 is 1.15 bits per heavy atom. The summed E-state index contributed by atoms with van der Waals surface area (Å²) in [6.07, 6.45) is 2.89. The molecule has 1 N–H and O–H groups in total. The number of hydrogen-bond acceptors (Lipinski definition) is 8. The molecule has 0 aliphatic carbocycles. The maximum Gasteiger partial charge on any atom is 0.161 e. The zero-order valence-electron chi connectivity index (χ0n) is 11.8. The number of nitrogens with one attached hydrogen (secondary N) is 1. The number of aryl methyl sites for hydroxylation is 1. The lowest BCUT2D eigenvalue weighted by Crippen LogP contribution is -2.21. The van der Waals surface area contributed by atoms with Crippen molar-refractivity contribution in [3.8, 4) is 9.88 Å².